The summed E-state index contributed by atoms with van der Waals surface area (Å²) in [5.41, 5.74) is 0. The zero-order valence-corrected chi connectivity index (χ0v) is 16.3. The van der Waals surface area contributed by atoms with Gasteiger partial charge in [-0.1, -0.05) is 0 Å². The Morgan fingerprint density at radius 2 is 0.360 bits per heavy atom. The zero-order chi connectivity index (χ0) is 21.5. The second kappa shape index (κ2) is 37.6. The summed E-state index contributed by atoms with van der Waals surface area (Å²) in [5, 5.41) is 53.3. The average molecular weight is 450 g/mol. The predicted molar refractivity (Wildman–Crippen MR) is 64.1 cm³/mol. The van der Waals surface area contributed by atoms with Gasteiger partial charge in [0, 0.05) is 35.8 Å². The van der Waals surface area contributed by atoms with Crippen molar-refractivity contribution in [3.8, 4) is 0 Å². The Morgan fingerprint density at radius 3 is 0.360 bits per heavy atom. The maximum Gasteiger partial charge on any atom is 6.00 e. The third-order valence-corrected chi connectivity index (χ3v) is 0. The molecule has 144 valence electrons. The molecular formula is C12H18MoO12. The van der Waals surface area contributed by atoms with Crippen LogP contribution in [0.3, 0.4) is 0 Å². The summed E-state index contributed by atoms with van der Waals surface area (Å²) in [6, 6.07) is 0. The number of carboxylic acids is 6. The van der Waals surface area contributed by atoms with Gasteiger partial charge >= 0.3 is 21.1 Å². The van der Waals surface area contributed by atoms with E-state index in [0.29, 0.717) is 0 Å². The Morgan fingerprint density at radius 1 is 0.360 bits per heavy atom. The van der Waals surface area contributed by atoms with Gasteiger partial charge in [-0.25, -0.2) is 0 Å². The number of carbonyl (C=O) groups is 6. The first-order chi connectivity index (χ1) is 10.4. The van der Waals surface area contributed by atoms with Crippen LogP contribution in [0.4, 0.5) is 0 Å². The fourth-order valence-corrected chi connectivity index (χ4v) is 0. The monoisotopic (exact) mass is 452 g/mol. The Bertz CT molecular complexity index is 261. The molecule has 0 bridgehead atoms. The zero-order valence-electron chi connectivity index (χ0n) is 14.3. The van der Waals surface area contributed by atoms with E-state index in [-0.39, 0.29) is 21.1 Å². The Kier molecular flexibility index (Phi) is 65.1. The van der Waals surface area contributed by atoms with E-state index in [1.54, 1.807) is 0 Å². The van der Waals surface area contributed by atoms with Crippen LogP contribution in [0.2, 0.25) is 0 Å². The van der Waals surface area contributed by atoms with E-state index in [2.05, 4.69) is 0 Å². The van der Waals surface area contributed by atoms with Crippen LogP contribution in [-0.4, -0.2) is 35.8 Å². The molecule has 0 aromatic rings. The molecule has 0 fully saturated rings. The van der Waals surface area contributed by atoms with Crippen molar-refractivity contribution < 1.29 is 80.5 Å². The SMILES string of the molecule is CC(=O)[O-].CC(=O)[O-].CC(=O)[O-].CC(=O)[O-].CC(=O)[O-].CC(=O)[O-].[Mo+6]. The number of hydrogen-bond acceptors (Lipinski definition) is 12. The largest absolute Gasteiger partial charge is 6.00 e. The van der Waals surface area contributed by atoms with Crippen LogP contribution in [0, 0.1) is 0 Å². The third kappa shape index (κ3) is 1320. The number of hydrogen-bond donors (Lipinski definition) is 0. The van der Waals surface area contributed by atoms with Gasteiger partial charge in [0.05, 0.1) is 0 Å². The molecule has 0 aliphatic rings. The maximum atomic E-state index is 8.89. The number of carbonyl (C=O) groups excluding carboxylic acids is 6. The minimum absolute atomic E-state index is 0. The molecule has 0 aliphatic carbocycles. The molecule has 0 rings (SSSR count). The van der Waals surface area contributed by atoms with E-state index < -0.39 is 35.8 Å². The Hall–Kier alpha value is -2.49. The summed E-state index contributed by atoms with van der Waals surface area (Å²) in [7, 11) is 0. The van der Waals surface area contributed by atoms with Crippen LogP contribution in [0.25, 0.3) is 0 Å². The van der Waals surface area contributed by atoms with E-state index in [9.17, 15) is 0 Å². The summed E-state index contributed by atoms with van der Waals surface area (Å²) in [6.07, 6.45) is 0. The van der Waals surface area contributed by atoms with Gasteiger partial charge in [-0.15, -0.1) is 0 Å². The van der Waals surface area contributed by atoms with Crippen molar-refractivity contribution in [2.45, 2.75) is 41.5 Å². The van der Waals surface area contributed by atoms with Gasteiger partial charge in [0.25, 0.3) is 0 Å². The minimum Gasteiger partial charge on any atom is -0.550 e. The van der Waals surface area contributed by atoms with Crippen molar-refractivity contribution in [1.82, 2.24) is 0 Å². The topological polar surface area (TPSA) is 241 Å². The van der Waals surface area contributed by atoms with Gasteiger partial charge in [-0.3, -0.25) is 0 Å². The van der Waals surface area contributed by atoms with E-state index in [4.69, 9.17) is 59.4 Å². The fraction of sp³-hybridized carbons (Fsp3) is 0.500. The third-order valence-electron chi connectivity index (χ3n) is 0. The van der Waals surface area contributed by atoms with Crippen LogP contribution >= 0.6 is 0 Å². The molecule has 0 saturated carbocycles. The van der Waals surface area contributed by atoms with Gasteiger partial charge in [0.1, 0.15) is 0 Å². The standard InChI is InChI=1S/6C2H4O2.Mo/c6*1-2(3)4;/h6*1H3,(H,3,4);/q;;;;;;+6/p-6. The quantitative estimate of drug-likeness (QED) is 0.313. The molecule has 0 aliphatic heterocycles. The fourth-order valence-electron chi connectivity index (χ4n) is 0. The summed E-state index contributed by atoms with van der Waals surface area (Å²) in [5.74, 6) is -6.50. The second-order valence-electron chi connectivity index (χ2n) is 2.95. The van der Waals surface area contributed by atoms with Crippen LogP contribution in [0.15, 0.2) is 0 Å². The average Bonchev–Trinajstić information content (AvgIpc) is 2.08. The van der Waals surface area contributed by atoms with Crippen LogP contribution in [0.1, 0.15) is 41.5 Å². The smallest absolute Gasteiger partial charge is 0.550 e. The van der Waals surface area contributed by atoms with Crippen molar-refractivity contribution in [1.29, 1.82) is 0 Å². The number of carboxylic acid groups (broad SMARTS) is 6. The summed E-state index contributed by atoms with van der Waals surface area (Å²) < 4.78 is 0. The Balaban J connectivity index is -0.0000000309. The molecule has 0 amide bonds. The van der Waals surface area contributed by atoms with Gasteiger partial charge in [-0.05, 0) is 41.5 Å². The van der Waals surface area contributed by atoms with E-state index >= 15 is 0 Å². The van der Waals surface area contributed by atoms with Crippen molar-refractivity contribution in [2.24, 2.45) is 0 Å². The molecule has 0 saturated heterocycles. The van der Waals surface area contributed by atoms with Crippen molar-refractivity contribution in [3.05, 3.63) is 0 Å². The predicted octanol–water partition coefficient (Wildman–Crippen LogP) is -7.47. The molecule has 0 radical (unpaired) electrons. The van der Waals surface area contributed by atoms with Crippen LogP contribution < -0.4 is 30.6 Å². The summed E-state index contributed by atoms with van der Waals surface area (Å²) in [6.45, 7) is 5.83. The van der Waals surface area contributed by atoms with Gasteiger partial charge < -0.3 is 59.4 Å². The van der Waals surface area contributed by atoms with Crippen LogP contribution in [0.5, 0.6) is 0 Å². The van der Waals surface area contributed by atoms with E-state index in [1.165, 1.54) is 0 Å². The first kappa shape index (κ1) is 43.3. The van der Waals surface area contributed by atoms with Gasteiger partial charge in [-0.2, -0.15) is 0 Å². The molecule has 0 N–H and O–H groups in total. The first-order valence-electron chi connectivity index (χ1n) is 5.45. The first-order valence-corrected chi connectivity index (χ1v) is 5.45. The van der Waals surface area contributed by atoms with Crippen LogP contribution in [-0.2, 0) is 49.8 Å². The summed E-state index contributed by atoms with van der Waals surface area (Å²) >= 11 is 0. The molecule has 0 atom stereocenters. The Labute approximate surface area is 158 Å². The van der Waals surface area contributed by atoms with Crippen molar-refractivity contribution in [2.75, 3.05) is 0 Å². The number of aliphatic carboxylic acids is 6. The minimum atomic E-state index is -1.08. The molecule has 0 aromatic heterocycles. The molecule has 0 heterocycles. The van der Waals surface area contributed by atoms with Crippen molar-refractivity contribution >= 4 is 35.8 Å². The molecule has 0 aromatic carbocycles. The van der Waals surface area contributed by atoms with Gasteiger partial charge in [0.2, 0.25) is 0 Å². The van der Waals surface area contributed by atoms with Crippen molar-refractivity contribution in [3.63, 3.8) is 0 Å². The molecule has 12 nitrogen and oxygen atoms in total. The summed E-state index contributed by atoms with van der Waals surface area (Å²) in [4.78, 5) is 53.3. The molecule has 25 heavy (non-hydrogen) atoms. The molecular weight excluding hydrogens is 432 g/mol. The number of rotatable bonds is 0. The molecule has 13 heteroatoms. The maximum absolute atomic E-state index is 8.89. The molecule has 0 unspecified atom stereocenters. The molecule has 0 spiro atoms. The second-order valence-corrected chi connectivity index (χ2v) is 2.95. The van der Waals surface area contributed by atoms with E-state index in [0.717, 1.165) is 41.5 Å². The van der Waals surface area contributed by atoms with E-state index in [1.807, 2.05) is 0 Å². The van der Waals surface area contributed by atoms with Gasteiger partial charge in [0.15, 0.2) is 0 Å². The normalized spacial score (nSPS) is 6.00.